The Morgan fingerprint density at radius 3 is 2.37 bits per heavy atom. The molecule has 0 saturated heterocycles. The van der Waals surface area contributed by atoms with Crippen LogP contribution in [0, 0.1) is 0 Å². The second-order valence-electron chi connectivity index (χ2n) is 3.89. The van der Waals surface area contributed by atoms with E-state index in [9.17, 15) is 0 Å². The first-order valence-electron chi connectivity index (χ1n) is 5.47. The maximum absolute atomic E-state index is 6.26. The van der Waals surface area contributed by atoms with E-state index in [1.165, 1.54) is 0 Å². The van der Waals surface area contributed by atoms with E-state index in [0.29, 0.717) is 16.5 Å². The summed E-state index contributed by atoms with van der Waals surface area (Å²) in [5.41, 5.74) is 8.07. The quantitative estimate of drug-likeness (QED) is 0.885. The molecule has 0 aliphatic carbocycles. The maximum Gasteiger partial charge on any atom is 0.162 e. The van der Waals surface area contributed by atoms with Gasteiger partial charge < -0.3 is 15.2 Å². The van der Waals surface area contributed by atoms with Gasteiger partial charge in [0, 0.05) is 11.1 Å². The molecule has 1 aromatic heterocycles. The summed E-state index contributed by atoms with van der Waals surface area (Å²) in [7, 11) is 3.16. The minimum Gasteiger partial charge on any atom is -0.493 e. The van der Waals surface area contributed by atoms with Gasteiger partial charge in [0.15, 0.2) is 11.5 Å². The SMILES string of the molecule is COc1cc(Cl)c(C(N)c2csc(Br)c2)cc1OC. The molecule has 3 nitrogen and oxygen atoms in total. The van der Waals surface area contributed by atoms with Crippen molar-refractivity contribution in [3.05, 3.63) is 43.5 Å². The Morgan fingerprint density at radius 1 is 1.21 bits per heavy atom. The Labute approximate surface area is 129 Å². The Hall–Kier alpha value is -0.750. The minimum atomic E-state index is -0.296. The molecule has 0 radical (unpaired) electrons. The van der Waals surface area contributed by atoms with Gasteiger partial charge in [-0.3, -0.25) is 0 Å². The number of nitrogens with two attached hydrogens (primary N) is 1. The lowest BCUT2D eigenvalue weighted by Crippen LogP contribution is -2.12. The van der Waals surface area contributed by atoms with Crippen LogP contribution in [0.3, 0.4) is 0 Å². The normalized spacial score (nSPS) is 12.3. The lowest BCUT2D eigenvalue weighted by molar-refractivity contribution is 0.354. The zero-order chi connectivity index (χ0) is 14.0. The van der Waals surface area contributed by atoms with E-state index in [-0.39, 0.29) is 6.04 Å². The summed E-state index contributed by atoms with van der Waals surface area (Å²) in [4.78, 5) is 0. The molecule has 1 unspecified atom stereocenters. The highest BCUT2D eigenvalue weighted by Gasteiger charge is 2.17. The van der Waals surface area contributed by atoms with Crippen molar-refractivity contribution in [2.24, 2.45) is 5.73 Å². The Morgan fingerprint density at radius 2 is 1.84 bits per heavy atom. The van der Waals surface area contributed by atoms with Crippen LogP contribution in [0.2, 0.25) is 5.02 Å². The van der Waals surface area contributed by atoms with Crippen molar-refractivity contribution < 1.29 is 9.47 Å². The Balaban J connectivity index is 2.44. The third-order valence-corrected chi connectivity index (χ3v) is 4.63. The van der Waals surface area contributed by atoms with Gasteiger partial charge in [-0.05, 0) is 44.6 Å². The van der Waals surface area contributed by atoms with Gasteiger partial charge in [-0.2, -0.15) is 0 Å². The summed E-state index contributed by atoms with van der Waals surface area (Å²) in [5, 5.41) is 2.56. The summed E-state index contributed by atoms with van der Waals surface area (Å²) in [5.74, 6) is 1.21. The molecule has 0 spiro atoms. The van der Waals surface area contributed by atoms with E-state index in [1.54, 1.807) is 31.6 Å². The third-order valence-electron chi connectivity index (χ3n) is 2.78. The highest BCUT2D eigenvalue weighted by atomic mass is 79.9. The summed E-state index contributed by atoms with van der Waals surface area (Å²) in [6.07, 6.45) is 0. The van der Waals surface area contributed by atoms with E-state index in [4.69, 9.17) is 26.8 Å². The van der Waals surface area contributed by atoms with Gasteiger partial charge in [0.25, 0.3) is 0 Å². The number of thiophene rings is 1. The average Bonchev–Trinajstić information content (AvgIpc) is 2.84. The van der Waals surface area contributed by atoms with Gasteiger partial charge in [0.05, 0.1) is 24.0 Å². The Bertz CT molecular complexity index is 588. The van der Waals surface area contributed by atoms with Crippen molar-refractivity contribution in [3.63, 3.8) is 0 Å². The van der Waals surface area contributed by atoms with Crippen LogP contribution in [0.1, 0.15) is 17.2 Å². The van der Waals surface area contributed by atoms with Crippen LogP contribution in [0.25, 0.3) is 0 Å². The van der Waals surface area contributed by atoms with Crippen LogP contribution in [0.5, 0.6) is 11.5 Å². The lowest BCUT2D eigenvalue weighted by atomic mass is 10.0. The fraction of sp³-hybridized carbons (Fsp3) is 0.231. The fourth-order valence-corrected chi connectivity index (χ4v) is 3.26. The second kappa shape index (κ2) is 6.13. The monoisotopic (exact) mass is 361 g/mol. The molecule has 0 amide bonds. The maximum atomic E-state index is 6.26. The van der Waals surface area contributed by atoms with Crippen molar-refractivity contribution in [1.29, 1.82) is 0 Å². The molecule has 6 heteroatoms. The third kappa shape index (κ3) is 3.05. The highest BCUT2D eigenvalue weighted by molar-refractivity contribution is 9.11. The van der Waals surface area contributed by atoms with E-state index in [2.05, 4.69) is 15.9 Å². The minimum absolute atomic E-state index is 0.296. The van der Waals surface area contributed by atoms with Gasteiger partial charge in [-0.1, -0.05) is 11.6 Å². The molecular formula is C13H13BrClNO2S. The van der Waals surface area contributed by atoms with E-state index in [0.717, 1.165) is 14.9 Å². The van der Waals surface area contributed by atoms with Crippen LogP contribution >= 0.6 is 38.9 Å². The molecule has 19 heavy (non-hydrogen) atoms. The zero-order valence-electron chi connectivity index (χ0n) is 10.4. The molecule has 1 atom stereocenters. The van der Waals surface area contributed by atoms with Crippen LogP contribution in [-0.2, 0) is 0 Å². The van der Waals surface area contributed by atoms with Gasteiger partial charge in [0.2, 0.25) is 0 Å². The molecule has 0 aliphatic rings. The molecule has 0 aliphatic heterocycles. The molecule has 1 heterocycles. The number of ether oxygens (including phenoxy) is 2. The van der Waals surface area contributed by atoms with Crippen molar-refractivity contribution in [1.82, 2.24) is 0 Å². The number of halogens is 2. The zero-order valence-corrected chi connectivity index (χ0v) is 13.6. The standard InChI is InChI=1S/C13H13BrClNO2S/c1-17-10-4-8(9(15)5-11(10)18-2)13(16)7-3-12(14)19-6-7/h3-6,13H,16H2,1-2H3. The second-order valence-corrected chi connectivity index (χ2v) is 6.59. The van der Waals surface area contributed by atoms with Crippen LogP contribution in [0.4, 0.5) is 0 Å². The highest BCUT2D eigenvalue weighted by Crippen LogP contribution is 2.38. The predicted molar refractivity (Wildman–Crippen MR) is 82.6 cm³/mol. The smallest absolute Gasteiger partial charge is 0.162 e. The lowest BCUT2D eigenvalue weighted by Gasteiger charge is -2.16. The Kier molecular flexibility index (Phi) is 4.73. The van der Waals surface area contributed by atoms with Crippen molar-refractivity contribution in [3.8, 4) is 11.5 Å². The van der Waals surface area contributed by atoms with Crippen LogP contribution in [-0.4, -0.2) is 14.2 Å². The number of methoxy groups -OCH3 is 2. The summed E-state index contributed by atoms with van der Waals surface area (Å²) >= 11 is 11.3. The number of hydrogen-bond acceptors (Lipinski definition) is 4. The number of benzene rings is 1. The van der Waals surface area contributed by atoms with E-state index >= 15 is 0 Å². The molecule has 0 bridgehead atoms. The van der Waals surface area contributed by atoms with Crippen molar-refractivity contribution >= 4 is 38.9 Å². The van der Waals surface area contributed by atoms with Crippen LogP contribution < -0.4 is 15.2 Å². The summed E-state index contributed by atoms with van der Waals surface area (Å²) < 4.78 is 11.5. The molecule has 0 saturated carbocycles. The molecule has 2 aromatic rings. The summed E-state index contributed by atoms with van der Waals surface area (Å²) in [6, 6.07) is 5.23. The molecular weight excluding hydrogens is 350 g/mol. The largest absolute Gasteiger partial charge is 0.493 e. The predicted octanol–water partition coefficient (Wildman–Crippen LogP) is 4.23. The molecule has 102 valence electrons. The number of hydrogen-bond donors (Lipinski definition) is 1. The van der Waals surface area contributed by atoms with Gasteiger partial charge >= 0.3 is 0 Å². The first-order chi connectivity index (χ1) is 9.06. The van der Waals surface area contributed by atoms with E-state index < -0.39 is 0 Å². The topological polar surface area (TPSA) is 44.5 Å². The van der Waals surface area contributed by atoms with Crippen molar-refractivity contribution in [2.75, 3.05) is 14.2 Å². The molecule has 0 fully saturated rings. The van der Waals surface area contributed by atoms with Gasteiger partial charge in [-0.15, -0.1) is 11.3 Å². The van der Waals surface area contributed by atoms with Crippen LogP contribution in [0.15, 0.2) is 27.4 Å². The molecule has 2 N–H and O–H groups in total. The van der Waals surface area contributed by atoms with E-state index in [1.807, 2.05) is 17.5 Å². The van der Waals surface area contributed by atoms with Gasteiger partial charge in [0.1, 0.15) is 0 Å². The van der Waals surface area contributed by atoms with Crippen molar-refractivity contribution in [2.45, 2.75) is 6.04 Å². The molecule has 1 aromatic carbocycles. The number of rotatable bonds is 4. The first kappa shape index (κ1) is 14.7. The first-order valence-corrected chi connectivity index (χ1v) is 7.52. The average molecular weight is 363 g/mol. The van der Waals surface area contributed by atoms with Gasteiger partial charge in [-0.25, -0.2) is 0 Å². The summed E-state index contributed by atoms with van der Waals surface area (Å²) in [6.45, 7) is 0. The molecule has 2 rings (SSSR count). The fourth-order valence-electron chi connectivity index (χ4n) is 1.77.